The van der Waals surface area contributed by atoms with E-state index >= 15 is 0 Å². The van der Waals surface area contributed by atoms with Crippen LogP contribution in [0.3, 0.4) is 0 Å². The van der Waals surface area contributed by atoms with Crippen molar-refractivity contribution in [2.75, 3.05) is 13.1 Å². The van der Waals surface area contributed by atoms with Gasteiger partial charge in [-0.3, -0.25) is 4.79 Å². The van der Waals surface area contributed by atoms with Crippen molar-refractivity contribution in [3.63, 3.8) is 0 Å². The lowest BCUT2D eigenvalue weighted by Crippen LogP contribution is -2.44. The van der Waals surface area contributed by atoms with Gasteiger partial charge in [-0.1, -0.05) is 24.3 Å². The van der Waals surface area contributed by atoms with Gasteiger partial charge in [0.25, 0.3) is 5.91 Å². The van der Waals surface area contributed by atoms with E-state index in [9.17, 15) is 4.79 Å². The van der Waals surface area contributed by atoms with Gasteiger partial charge in [-0.25, -0.2) is 0 Å². The first-order valence-electron chi connectivity index (χ1n) is 11.0. The van der Waals surface area contributed by atoms with Gasteiger partial charge in [0, 0.05) is 41.3 Å². The SMILES string of the molecule is Cc1ccc2c(c1C)CCN(CCC(C)(N)CCc1c[nH]c3c(C)cccc13)C2=O. The summed E-state index contributed by atoms with van der Waals surface area (Å²) in [6.45, 7) is 9.98. The average molecular weight is 404 g/mol. The third-order valence-electron chi connectivity index (χ3n) is 6.95. The standard InChI is InChI=1S/C26H33N3O/c1-17-8-9-23-21(19(17)3)11-14-29(25(23)30)15-13-26(4,27)12-10-20-16-28-24-18(2)6-5-7-22(20)24/h5-9,16,28H,10-15,27H2,1-4H3. The van der Waals surface area contributed by atoms with Crippen LogP contribution in [0.15, 0.2) is 36.5 Å². The van der Waals surface area contributed by atoms with Crippen LogP contribution < -0.4 is 5.73 Å². The molecular weight excluding hydrogens is 370 g/mol. The number of aromatic nitrogens is 1. The Hall–Kier alpha value is -2.59. The molecule has 0 radical (unpaired) electrons. The predicted octanol–water partition coefficient (Wildman–Crippen LogP) is 4.83. The topological polar surface area (TPSA) is 62.1 Å². The number of amides is 1. The zero-order valence-electron chi connectivity index (χ0n) is 18.6. The maximum Gasteiger partial charge on any atom is 0.254 e. The second kappa shape index (κ2) is 7.92. The highest BCUT2D eigenvalue weighted by molar-refractivity contribution is 5.97. The minimum absolute atomic E-state index is 0.155. The highest BCUT2D eigenvalue weighted by Gasteiger charge is 2.28. The van der Waals surface area contributed by atoms with Crippen molar-refractivity contribution in [2.24, 2.45) is 5.73 Å². The fourth-order valence-corrected chi connectivity index (χ4v) is 4.63. The van der Waals surface area contributed by atoms with Crippen LogP contribution in [0.1, 0.15) is 57.9 Å². The van der Waals surface area contributed by atoms with E-state index in [2.05, 4.69) is 63.1 Å². The number of nitrogens with two attached hydrogens (primary N) is 1. The number of fused-ring (bicyclic) bond motifs is 2. The Labute approximate surface area is 179 Å². The molecule has 0 aliphatic carbocycles. The monoisotopic (exact) mass is 403 g/mol. The first-order chi connectivity index (χ1) is 14.3. The lowest BCUT2D eigenvalue weighted by Gasteiger charge is -2.33. The molecule has 2 heterocycles. The molecule has 1 aliphatic heterocycles. The molecule has 0 saturated carbocycles. The molecular formula is C26H33N3O. The smallest absolute Gasteiger partial charge is 0.254 e. The Kier molecular flexibility index (Phi) is 5.46. The molecule has 30 heavy (non-hydrogen) atoms. The van der Waals surface area contributed by atoms with Gasteiger partial charge in [-0.2, -0.15) is 0 Å². The number of hydrogen-bond acceptors (Lipinski definition) is 2. The molecule has 2 aromatic carbocycles. The summed E-state index contributed by atoms with van der Waals surface area (Å²) in [5.74, 6) is 0.155. The van der Waals surface area contributed by atoms with E-state index in [0.717, 1.165) is 37.8 Å². The molecule has 0 fully saturated rings. The summed E-state index contributed by atoms with van der Waals surface area (Å²) in [6.07, 6.45) is 5.69. The number of rotatable bonds is 6. The number of nitrogens with zero attached hydrogens (tertiary/aromatic N) is 1. The van der Waals surface area contributed by atoms with Crippen LogP contribution in [0.2, 0.25) is 0 Å². The number of carbonyl (C=O) groups excluding carboxylic acids is 1. The number of hydrogen-bond donors (Lipinski definition) is 2. The van der Waals surface area contributed by atoms with Crippen LogP contribution in [0, 0.1) is 20.8 Å². The van der Waals surface area contributed by atoms with Crippen molar-refractivity contribution in [3.05, 3.63) is 69.9 Å². The summed E-state index contributed by atoms with van der Waals surface area (Å²) >= 11 is 0. The molecule has 1 unspecified atom stereocenters. The summed E-state index contributed by atoms with van der Waals surface area (Å²) in [7, 11) is 0. The van der Waals surface area contributed by atoms with Crippen LogP contribution in [0.5, 0.6) is 0 Å². The van der Waals surface area contributed by atoms with Crippen molar-refractivity contribution in [1.82, 2.24) is 9.88 Å². The van der Waals surface area contributed by atoms with Crippen LogP contribution in [0.4, 0.5) is 0 Å². The molecule has 1 aliphatic rings. The zero-order valence-corrected chi connectivity index (χ0v) is 18.6. The fraction of sp³-hybridized carbons (Fsp3) is 0.423. The van der Waals surface area contributed by atoms with Gasteiger partial charge in [0.1, 0.15) is 0 Å². The molecule has 1 atom stereocenters. The van der Waals surface area contributed by atoms with E-state index in [0.29, 0.717) is 6.54 Å². The Balaban J connectivity index is 1.38. The highest BCUT2D eigenvalue weighted by Crippen LogP contribution is 2.27. The minimum Gasteiger partial charge on any atom is -0.361 e. The van der Waals surface area contributed by atoms with Crippen LogP contribution in [-0.4, -0.2) is 34.4 Å². The lowest BCUT2D eigenvalue weighted by molar-refractivity contribution is 0.0726. The zero-order chi connectivity index (χ0) is 21.5. The summed E-state index contributed by atoms with van der Waals surface area (Å²) < 4.78 is 0. The number of aromatic amines is 1. The quantitative estimate of drug-likeness (QED) is 0.619. The Morgan fingerprint density at radius 2 is 1.90 bits per heavy atom. The van der Waals surface area contributed by atoms with Crippen molar-refractivity contribution in [1.29, 1.82) is 0 Å². The van der Waals surface area contributed by atoms with E-state index < -0.39 is 0 Å². The third-order valence-corrected chi connectivity index (χ3v) is 6.95. The van der Waals surface area contributed by atoms with E-state index in [-0.39, 0.29) is 11.4 Å². The van der Waals surface area contributed by atoms with Crippen molar-refractivity contribution < 1.29 is 4.79 Å². The number of para-hydroxylation sites is 1. The number of carbonyl (C=O) groups is 1. The molecule has 158 valence electrons. The van der Waals surface area contributed by atoms with Gasteiger partial charge < -0.3 is 15.6 Å². The van der Waals surface area contributed by atoms with E-state index in [4.69, 9.17) is 5.73 Å². The van der Waals surface area contributed by atoms with Gasteiger partial charge in [-0.05, 0) is 87.3 Å². The average Bonchev–Trinajstić information content (AvgIpc) is 3.13. The van der Waals surface area contributed by atoms with Gasteiger partial charge in [0.05, 0.1) is 0 Å². The van der Waals surface area contributed by atoms with Crippen molar-refractivity contribution in [2.45, 2.75) is 58.9 Å². The number of benzene rings is 2. The number of aryl methyl sites for hydroxylation is 3. The molecule has 0 saturated heterocycles. The van der Waals surface area contributed by atoms with E-state index in [1.54, 1.807) is 0 Å². The first-order valence-corrected chi connectivity index (χ1v) is 11.0. The van der Waals surface area contributed by atoms with E-state index in [1.807, 2.05) is 11.0 Å². The molecule has 3 N–H and O–H groups in total. The van der Waals surface area contributed by atoms with Gasteiger partial charge >= 0.3 is 0 Å². The summed E-state index contributed by atoms with van der Waals surface area (Å²) in [5, 5.41) is 1.29. The Morgan fingerprint density at radius 3 is 2.70 bits per heavy atom. The van der Waals surface area contributed by atoms with Crippen LogP contribution >= 0.6 is 0 Å². The van der Waals surface area contributed by atoms with Gasteiger partial charge in [0.2, 0.25) is 0 Å². The largest absolute Gasteiger partial charge is 0.361 e. The molecule has 1 amide bonds. The number of H-pyrrole nitrogens is 1. The molecule has 0 spiro atoms. The normalized spacial score (nSPS) is 16.0. The maximum atomic E-state index is 13.0. The minimum atomic E-state index is -0.308. The molecule has 4 heteroatoms. The molecule has 1 aromatic heterocycles. The predicted molar refractivity (Wildman–Crippen MR) is 124 cm³/mol. The lowest BCUT2D eigenvalue weighted by atomic mass is 9.89. The first kappa shape index (κ1) is 20.7. The summed E-state index contributed by atoms with van der Waals surface area (Å²) in [5.41, 5.74) is 14.8. The van der Waals surface area contributed by atoms with Gasteiger partial charge in [-0.15, -0.1) is 0 Å². The van der Waals surface area contributed by atoms with Crippen LogP contribution in [0.25, 0.3) is 10.9 Å². The van der Waals surface area contributed by atoms with Gasteiger partial charge in [0.15, 0.2) is 0 Å². The highest BCUT2D eigenvalue weighted by atomic mass is 16.2. The second-order valence-electron chi connectivity index (χ2n) is 9.29. The number of nitrogens with one attached hydrogen (secondary N) is 1. The van der Waals surface area contributed by atoms with Crippen molar-refractivity contribution >= 4 is 16.8 Å². The molecule has 4 rings (SSSR count). The third kappa shape index (κ3) is 3.89. The Morgan fingerprint density at radius 1 is 1.10 bits per heavy atom. The fourth-order valence-electron chi connectivity index (χ4n) is 4.63. The van der Waals surface area contributed by atoms with Crippen LogP contribution in [-0.2, 0) is 12.8 Å². The summed E-state index contributed by atoms with van der Waals surface area (Å²) in [6, 6.07) is 10.5. The van der Waals surface area contributed by atoms with Crippen molar-refractivity contribution in [3.8, 4) is 0 Å². The molecule has 3 aromatic rings. The maximum absolute atomic E-state index is 13.0. The Bertz CT molecular complexity index is 1090. The molecule has 0 bridgehead atoms. The molecule has 4 nitrogen and oxygen atoms in total. The van der Waals surface area contributed by atoms with E-state index in [1.165, 1.54) is 38.7 Å². The summed E-state index contributed by atoms with van der Waals surface area (Å²) in [4.78, 5) is 18.4. The second-order valence-corrected chi connectivity index (χ2v) is 9.29.